The van der Waals surface area contributed by atoms with Crippen LogP contribution in [0.4, 0.5) is 4.39 Å². The lowest BCUT2D eigenvalue weighted by Crippen LogP contribution is -2.06. The van der Waals surface area contributed by atoms with Gasteiger partial charge in [-0.05, 0) is 24.6 Å². The maximum atomic E-state index is 12.9. The van der Waals surface area contributed by atoms with Crippen molar-refractivity contribution in [2.75, 3.05) is 0 Å². The predicted molar refractivity (Wildman–Crippen MR) is 49.0 cm³/mol. The van der Waals surface area contributed by atoms with E-state index < -0.39 is 5.82 Å². The molecule has 0 heterocycles. The molecule has 2 N–H and O–H groups in total. The van der Waals surface area contributed by atoms with Crippen molar-refractivity contribution in [2.45, 2.75) is 13.0 Å². The first-order valence-electron chi connectivity index (χ1n) is 3.42. The van der Waals surface area contributed by atoms with Gasteiger partial charge in [-0.25, -0.2) is 4.39 Å². The van der Waals surface area contributed by atoms with Gasteiger partial charge in [0.25, 0.3) is 0 Å². The molecule has 0 saturated carbocycles. The summed E-state index contributed by atoms with van der Waals surface area (Å²) in [5.74, 6) is -0.531. The van der Waals surface area contributed by atoms with Gasteiger partial charge in [-0.15, -0.1) is 0 Å². The van der Waals surface area contributed by atoms with Crippen LogP contribution in [0.15, 0.2) is 12.1 Å². The number of benzene rings is 1. The highest BCUT2D eigenvalue weighted by Crippen LogP contribution is 2.27. The van der Waals surface area contributed by atoms with E-state index in [9.17, 15) is 4.39 Å². The Labute approximate surface area is 80.3 Å². The molecular formula is C8H8Cl2FN. The summed E-state index contributed by atoms with van der Waals surface area (Å²) in [6, 6.07) is 2.42. The lowest BCUT2D eigenvalue weighted by atomic mass is 10.1. The summed E-state index contributed by atoms with van der Waals surface area (Å²) in [5.41, 5.74) is 6.07. The van der Waals surface area contributed by atoms with Gasteiger partial charge in [0.15, 0.2) is 0 Å². The highest BCUT2D eigenvalue weighted by atomic mass is 35.5. The Kier molecular flexibility index (Phi) is 2.94. The molecule has 0 saturated heterocycles. The van der Waals surface area contributed by atoms with Crippen molar-refractivity contribution in [1.29, 1.82) is 0 Å². The molecule has 0 unspecified atom stereocenters. The molecule has 0 amide bonds. The van der Waals surface area contributed by atoms with Gasteiger partial charge in [0.2, 0.25) is 0 Å². The van der Waals surface area contributed by atoms with Crippen molar-refractivity contribution in [2.24, 2.45) is 5.73 Å². The normalized spacial score (nSPS) is 13.1. The Balaban J connectivity index is 3.28. The molecule has 4 heteroatoms. The fourth-order valence-corrected chi connectivity index (χ4v) is 1.40. The highest BCUT2D eigenvalue weighted by Gasteiger charge is 2.10. The largest absolute Gasteiger partial charge is 0.324 e. The number of hydrogen-bond donors (Lipinski definition) is 1. The minimum Gasteiger partial charge on any atom is -0.324 e. The number of halogens is 3. The maximum Gasteiger partial charge on any atom is 0.143 e. The first-order valence-corrected chi connectivity index (χ1v) is 4.18. The number of nitrogens with two attached hydrogens (primary N) is 1. The quantitative estimate of drug-likeness (QED) is 0.704. The van der Waals surface area contributed by atoms with Crippen molar-refractivity contribution in [3.05, 3.63) is 33.6 Å². The monoisotopic (exact) mass is 207 g/mol. The van der Waals surface area contributed by atoms with Crippen LogP contribution in [0, 0.1) is 5.82 Å². The molecule has 0 aliphatic carbocycles. The molecular weight excluding hydrogens is 200 g/mol. The molecule has 12 heavy (non-hydrogen) atoms. The van der Waals surface area contributed by atoms with Gasteiger partial charge >= 0.3 is 0 Å². The molecule has 0 aromatic heterocycles. The average Bonchev–Trinajstić information content (AvgIpc) is 1.96. The molecule has 0 aliphatic heterocycles. The molecule has 1 rings (SSSR count). The fraction of sp³-hybridized carbons (Fsp3) is 0.250. The third-order valence-corrected chi connectivity index (χ3v) is 2.13. The zero-order valence-corrected chi connectivity index (χ0v) is 7.96. The summed E-state index contributed by atoms with van der Waals surface area (Å²) in [7, 11) is 0. The second-order valence-electron chi connectivity index (χ2n) is 2.58. The lowest BCUT2D eigenvalue weighted by molar-refractivity contribution is 0.623. The Morgan fingerprint density at radius 1 is 1.42 bits per heavy atom. The molecule has 1 aromatic carbocycles. The summed E-state index contributed by atoms with van der Waals surface area (Å²) < 4.78 is 12.9. The third kappa shape index (κ3) is 1.89. The SMILES string of the molecule is C[C@@H](N)c1cc(Cl)cc(F)c1Cl. The predicted octanol–water partition coefficient (Wildman–Crippen LogP) is 3.15. The van der Waals surface area contributed by atoms with E-state index in [0.29, 0.717) is 10.6 Å². The molecule has 1 atom stereocenters. The van der Waals surface area contributed by atoms with Crippen molar-refractivity contribution < 1.29 is 4.39 Å². The van der Waals surface area contributed by atoms with Crippen LogP contribution in [0.5, 0.6) is 0 Å². The molecule has 1 nitrogen and oxygen atoms in total. The molecule has 1 aromatic rings. The summed E-state index contributed by atoms with van der Waals surface area (Å²) >= 11 is 11.3. The zero-order chi connectivity index (χ0) is 9.30. The smallest absolute Gasteiger partial charge is 0.143 e. The zero-order valence-electron chi connectivity index (χ0n) is 6.44. The number of rotatable bonds is 1. The van der Waals surface area contributed by atoms with Crippen molar-refractivity contribution in [1.82, 2.24) is 0 Å². The van der Waals surface area contributed by atoms with E-state index in [4.69, 9.17) is 28.9 Å². The molecule has 0 bridgehead atoms. The molecule has 0 radical (unpaired) electrons. The van der Waals surface area contributed by atoms with E-state index in [2.05, 4.69) is 0 Å². The molecule has 0 fully saturated rings. The Hall–Kier alpha value is -0.310. The van der Waals surface area contributed by atoms with Crippen LogP contribution >= 0.6 is 23.2 Å². The summed E-state index contributed by atoms with van der Waals surface area (Å²) in [6.07, 6.45) is 0. The van der Waals surface area contributed by atoms with Gasteiger partial charge in [-0.3, -0.25) is 0 Å². The second-order valence-corrected chi connectivity index (χ2v) is 3.39. The van der Waals surface area contributed by atoms with Crippen LogP contribution in [-0.2, 0) is 0 Å². The van der Waals surface area contributed by atoms with Gasteiger partial charge in [-0.2, -0.15) is 0 Å². The van der Waals surface area contributed by atoms with Crippen LogP contribution in [-0.4, -0.2) is 0 Å². The fourth-order valence-electron chi connectivity index (χ4n) is 0.907. The summed E-state index contributed by atoms with van der Waals surface area (Å²) in [5, 5.41) is 0.360. The van der Waals surface area contributed by atoms with Gasteiger partial charge in [0.05, 0.1) is 5.02 Å². The summed E-state index contributed by atoms with van der Waals surface area (Å²) in [6.45, 7) is 1.72. The first kappa shape index (κ1) is 9.78. The topological polar surface area (TPSA) is 26.0 Å². The van der Waals surface area contributed by atoms with E-state index in [-0.39, 0.29) is 11.1 Å². The van der Waals surface area contributed by atoms with E-state index in [1.54, 1.807) is 13.0 Å². The van der Waals surface area contributed by atoms with Gasteiger partial charge in [0.1, 0.15) is 5.82 Å². The van der Waals surface area contributed by atoms with Crippen LogP contribution in [0.2, 0.25) is 10.0 Å². The van der Waals surface area contributed by atoms with Crippen LogP contribution in [0.1, 0.15) is 18.5 Å². The lowest BCUT2D eigenvalue weighted by Gasteiger charge is -2.08. The number of hydrogen-bond acceptors (Lipinski definition) is 1. The standard InChI is InChI=1S/C8H8Cl2FN/c1-4(12)6-2-5(9)3-7(11)8(6)10/h2-4H,12H2,1H3/t4-/m1/s1. The third-order valence-electron chi connectivity index (χ3n) is 1.51. The van der Waals surface area contributed by atoms with E-state index in [1.165, 1.54) is 0 Å². The van der Waals surface area contributed by atoms with E-state index >= 15 is 0 Å². The Morgan fingerprint density at radius 2 is 2.00 bits per heavy atom. The van der Waals surface area contributed by atoms with Crippen molar-refractivity contribution >= 4 is 23.2 Å². The maximum absolute atomic E-state index is 12.9. The van der Waals surface area contributed by atoms with Crippen molar-refractivity contribution in [3.63, 3.8) is 0 Å². The van der Waals surface area contributed by atoms with Crippen LogP contribution < -0.4 is 5.73 Å². The van der Waals surface area contributed by atoms with E-state index in [0.717, 1.165) is 6.07 Å². The first-order chi connectivity index (χ1) is 5.52. The van der Waals surface area contributed by atoms with Crippen LogP contribution in [0.3, 0.4) is 0 Å². The van der Waals surface area contributed by atoms with E-state index in [1.807, 2.05) is 0 Å². The average molecular weight is 208 g/mol. The van der Waals surface area contributed by atoms with Crippen LogP contribution in [0.25, 0.3) is 0 Å². The van der Waals surface area contributed by atoms with Gasteiger partial charge in [-0.1, -0.05) is 23.2 Å². The summed E-state index contributed by atoms with van der Waals surface area (Å²) in [4.78, 5) is 0. The minimum absolute atomic E-state index is 0.0504. The molecule has 66 valence electrons. The van der Waals surface area contributed by atoms with Gasteiger partial charge in [0, 0.05) is 11.1 Å². The Bertz CT molecular complexity index is 299. The minimum atomic E-state index is -0.531. The van der Waals surface area contributed by atoms with Gasteiger partial charge < -0.3 is 5.73 Å². The second kappa shape index (κ2) is 3.60. The highest BCUT2D eigenvalue weighted by molar-refractivity contribution is 6.33. The Morgan fingerprint density at radius 3 is 2.50 bits per heavy atom. The molecule has 0 spiro atoms. The van der Waals surface area contributed by atoms with Crippen molar-refractivity contribution in [3.8, 4) is 0 Å². The molecule has 0 aliphatic rings.